The maximum absolute atomic E-state index is 5.79. The number of rotatable bonds is 2. The molecule has 0 bridgehead atoms. The maximum Gasteiger partial charge on any atom is 0.119 e. The minimum atomic E-state index is 0.613. The molecule has 3 rings (SSSR count). The summed E-state index contributed by atoms with van der Waals surface area (Å²) in [5.41, 5.74) is 10.0. The van der Waals surface area contributed by atoms with Crippen LogP contribution in [-0.4, -0.2) is 18.2 Å². The van der Waals surface area contributed by atoms with Gasteiger partial charge in [-0.15, -0.1) is 0 Å². The molecule has 1 aliphatic rings. The van der Waals surface area contributed by atoms with E-state index < -0.39 is 0 Å². The number of aromatic nitrogens is 1. The second-order valence-corrected chi connectivity index (χ2v) is 4.88. The highest BCUT2D eigenvalue weighted by Gasteiger charge is 2.26. The number of aryl methyl sites for hydroxylation is 1. The van der Waals surface area contributed by atoms with Crippen LogP contribution in [0.4, 0.5) is 0 Å². The van der Waals surface area contributed by atoms with Crippen LogP contribution in [0.2, 0.25) is 0 Å². The van der Waals surface area contributed by atoms with Crippen molar-refractivity contribution in [1.82, 2.24) is 4.57 Å². The highest BCUT2D eigenvalue weighted by molar-refractivity contribution is 5.87. The second kappa shape index (κ2) is 3.77. The summed E-state index contributed by atoms with van der Waals surface area (Å²) < 4.78 is 7.62. The van der Waals surface area contributed by atoms with E-state index in [1.165, 1.54) is 22.2 Å². The first-order valence-electron chi connectivity index (χ1n) is 6.08. The topological polar surface area (TPSA) is 40.2 Å². The van der Waals surface area contributed by atoms with Gasteiger partial charge < -0.3 is 15.0 Å². The van der Waals surface area contributed by atoms with Crippen LogP contribution in [0.5, 0.6) is 5.75 Å². The Morgan fingerprint density at radius 3 is 2.94 bits per heavy atom. The van der Waals surface area contributed by atoms with E-state index in [9.17, 15) is 0 Å². The molecule has 0 aliphatic heterocycles. The summed E-state index contributed by atoms with van der Waals surface area (Å²) in [4.78, 5) is 0. The van der Waals surface area contributed by atoms with Crippen molar-refractivity contribution in [2.45, 2.75) is 12.8 Å². The molecule has 0 radical (unpaired) electrons. The summed E-state index contributed by atoms with van der Waals surface area (Å²) in [5.74, 6) is 1.55. The number of hydrogen-bond donors (Lipinski definition) is 1. The number of fused-ring (bicyclic) bond motifs is 3. The molecular weight excluding hydrogens is 212 g/mol. The molecular formula is C14H18N2O. The fourth-order valence-electron chi connectivity index (χ4n) is 2.97. The van der Waals surface area contributed by atoms with Gasteiger partial charge in [0.1, 0.15) is 5.75 Å². The van der Waals surface area contributed by atoms with Crippen molar-refractivity contribution in [3.8, 4) is 5.75 Å². The number of nitrogens with two attached hydrogens (primary N) is 1. The number of nitrogens with zero attached hydrogens (tertiary/aromatic N) is 1. The Bertz CT molecular complexity index is 571. The molecule has 1 heterocycles. The monoisotopic (exact) mass is 230 g/mol. The van der Waals surface area contributed by atoms with E-state index in [0.717, 1.165) is 25.1 Å². The summed E-state index contributed by atoms with van der Waals surface area (Å²) in [5, 5.41) is 1.33. The van der Waals surface area contributed by atoms with Crippen LogP contribution in [0.25, 0.3) is 10.9 Å². The summed E-state index contributed by atoms with van der Waals surface area (Å²) >= 11 is 0. The Balaban J connectivity index is 2.20. The largest absolute Gasteiger partial charge is 0.497 e. The van der Waals surface area contributed by atoms with Gasteiger partial charge in [0.05, 0.1) is 7.11 Å². The zero-order valence-corrected chi connectivity index (χ0v) is 10.4. The lowest BCUT2D eigenvalue weighted by atomic mass is 10.1. The molecule has 90 valence electrons. The van der Waals surface area contributed by atoms with E-state index in [-0.39, 0.29) is 0 Å². The van der Waals surface area contributed by atoms with Crippen molar-refractivity contribution in [1.29, 1.82) is 0 Å². The van der Waals surface area contributed by atoms with Crippen molar-refractivity contribution in [2.75, 3.05) is 13.7 Å². The molecule has 3 nitrogen and oxygen atoms in total. The van der Waals surface area contributed by atoms with Crippen molar-refractivity contribution in [2.24, 2.45) is 18.7 Å². The van der Waals surface area contributed by atoms with Gasteiger partial charge in [-0.2, -0.15) is 0 Å². The predicted molar refractivity (Wildman–Crippen MR) is 69.4 cm³/mol. The predicted octanol–water partition coefficient (Wildman–Crippen LogP) is 1.86. The molecule has 0 spiro atoms. The third kappa shape index (κ3) is 1.46. The summed E-state index contributed by atoms with van der Waals surface area (Å²) in [6.07, 6.45) is 2.22. The molecule has 0 amide bonds. The Labute approximate surface area is 101 Å². The zero-order chi connectivity index (χ0) is 12.0. The molecule has 1 atom stereocenters. The highest BCUT2D eigenvalue weighted by atomic mass is 16.5. The fourth-order valence-corrected chi connectivity index (χ4v) is 2.97. The fraction of sp³-hybridized carbons (Fsp3) is 0.429. The number of benzene rings is 1. The van der Waals surface area contributed by atoms with E-state index in [0.29, 0.717) is 5.92 Å². The molecule has 3 heteroatoms. The lowest BCUT2D eigenvalue weighted by molar-refractivity contribution is 0.415. The standard InChI is InChI=1S/C14H18N2O/c1-16-13-4-3-10(17-2)7-12(13)11-5-9(8-15)6-14(11)16/h3-4,7,9H,5-6,8,15H2,1-2H3. The van der Waals surface area contributed by atoms with Gasteiger partial charge in [0.25, 0.3) is 0 Å². The molecule has 0 saturated heterocycles. The molecule has 1 aliphatic carbocycles. The molecule has 2 aromatic rings. The van der Waals surface area contributed by atoms with Crippen molar-refractivity contribution in [3.05, 3.63) is 29.5 Å². The summed E-state index contributed by atoms with van der Waals surface area (Å²) in [6.45, 7) is 0.778. The van der Waals surface area contributed by atoms with E-state index >= 15 is 0 Å². The van der Waals surface area contributed by atoms with Gasteiger partial charge in [0.2, 0.25) is 0 Å². The average molecular weight is 230 g/mol. The SMILES string of the molecule is COc1ccc2c(c1)c1c(n2C)CC(CN)C1. The molecule has 2 N–H and O–H groups in total. The summed E-state index contributed by atoms with van der Waals surface area (Å²) in [6, 6.07) is 6.31. The van der Waals surface area contributed by atoms with Crippen LogP contribution < -0.4 is 10.5 Å². The lowest BCUT2D eigenvalue weighted by Crippen LogP contribution is -2.14. The van der Waals surface area contributed by atoms with Gasteiger partial charge in [-0.3, -0.25) is 0 Å². The Hall–Kier alpha value is -1.48. The van der Waals surface area contributed by atoms with Gasteiger partial charge in [0.15, 0.2) is 0 Å². The minimum absolute atomic E-state index is 0.613. The van der Waals surface area contributed by atoms with Gasteiger partial charge >= 0.3 is 0 Å². The van der Waals surface area contributed by atoms with Crippen molar-refractivity contribution in [3.63, 3.8) is 0 Å². The number of hydrogen-bond acceptors (Lipinski definition) is 2. The highest BCUT2D eigenvalue weighted by Crippen LogP contribution is 2.36. The molecule has 1 aromatic heterocycles. The van der Waals surface area contributed by atoms with Gasteiger partial charge in [-0.05, 0) is 49.1 Å². The van der Waals surface area contributed by atoms with E-state index in [2.05, 4.69) is 23.7 Å². The molecule has 17 heavy (non-hydrogen) atoms. The van der Waals surface area contributed by atoms with E-state index in [1.807, 2.05) is 6.07 Å². The Kier molecular flexibility index (Phi) is 2.37. The number of ether oxygens (including phenoxy) is 1. The molecule has 1 aromatic carbocycles. The van der Waals surface area contributed by atoms with Gasteiger partial charge in [-0.1, -0.05) is 0 Å². The third-order valence-electron chi connectivity index (χ3n) is 3.95. The normalized spacial score (nSPS) is 18.6. The molecule has 1 unspecified atom stereocenters. The molecule has 0 saturated carbocycles. The third-order valence-corrected chi connectivity index (χ3v) is 3.95. The Morgan fingerprint density at radius 1 is 1.41 bits per heavy atom. The van der Waals surface area contributed by atoms with E-state index in [1.54, 1.807) is 7.11 Å². The lowest BCUT2D eigenvalue weighted by Gasteiger charge is -2.07. The maximum atomic E-state index is 5.79. The Morgan fingerprint density at radius 2 is 2.24 bits per heavy atom. The van der Waals surface area contributed by atoms with Gasteiger partial charge in [0, 0.05) is 23.6 Å². The van der Waals surface area contributed by atoms with E-state index in [4.69, 9.17) is 10.5 Å². The average Bonchev–Trinajstić information content (AvgIpc) is 2.89. The number of methoxy groups -OCH3 is 1. The quantitative estimate of drug-likeness (QED) is 0.855. The van der Waals surface area contributed by atoms with Crippen LogP contribution in [0.3, 0.4) is 0 Å². The van der Waals surface area contributed by atoms with Crippen LogP contribution >= 0.6 is 0 Å². The van der Waals surface area contributed by atoms with Crippen LogP contribution in [0.1, 0.15) is 11.3 Å². The summed E-state index contributed by atoms with van der Waals surface area (Å²) in [7, 11) is 3.86. The van der Waals surface area contributed by atoms with Crippen LogP contribution in [0, 0.1) is 5.92 Å². The minimum Gasteiger partial charge on any atom is -0.497 e. The van der Waals surface area contributed by atoms with Crippen LogP contribution in [0.15, 0.2) is 18.2 Å². The van der Waals surface area contributed by atoms with Crippen molar-refractivity contribution >= 4 is 10.9 Å². The smallest absolute Gasteiger partial charge is 0.119 e. The van der Waals surface area contributed by atoms with Crippen LogP contribution in [-0.2, 0) is 19.9 Å². The first-order chi connectivity index (χ1) is 8.24. The van der Waals surface area contributed by atoms with Crippen molar-refractivity contribution < 1.29 is 4.74 Å². The first-order valence-corrected chi connectivity index (χ1v) is 6.08. The molecule has 0 fully saturated rings. The zero-order valence-electron chi connectivity index (χ0n) is 10.4. The first kappa shape index (κ1) is 10.7. The van der Waals surface area contributed by atoms with Gasteiger partial charge in [-0.25, -0.2) is 0 Å². The second-order valence-electron chi connectivity index (χ2n) is 4.88.